The van der Waals surface area contributed by atoms with E-state index in [0.717, 1.165) is 25.9 Å². The van der Waals surface area contributed by atoms with Gasteiger partial charge in [0.1, 0.15) is 0 Å². The van der Waals surface area contributed by atoms with Gasteiger partial charge in [0.25, 0.3) is 0 Å². The van der Waals surface area contributed by atoms with Gasteiger partial charge in [-0.05, 0) is 45.2 Å². The van der Waals surface area contributed by atoms with Crippen LogP contribution in [-0.4, -0.2) is 42.5 Å². The first-order valence-electron chi connectivity index (χ1n) is 7.51. The maximum Gasteiger partial charge on any atom is 0.237 e. The lowest BCUT2D eigenvalue weighted by Crippen LogP contribution is -2.51. The molecule has 0 bridgehead atoms. The quantitative estimate of drug-likeness (QED) is 0.674. The van der Waals surface area contributed by atoms with Crippen LogP contribution >= 0.6 is 0 Å². The third-order valence-electron chi connectivity index (χ3n) is 3.62. The second kappa shape index (κ2) is 8.54. The lowest BCUT2D eigenvalue weighted by molar-refractivity contribution is -0.127. The molecular formula is C15H33N3O. The van der Waals surface area contributed by atoms with Crippen LogP contribution in [0, 0.1) is 5.41 Å². The van der Waals surface area contributed by atoms with Crippen molar-refractivity contribution in [1.29, 1.82) is 0 Å². The molecule has 0 fully saturated rings. The molecule has 4 heteroatoms. The Morgan fingerprint density at radius 3 is 2.32 bits per heavy atom. The van der Waals surface area contributed by atoms with Gasteiger partial charge >= 0.3 is 0 Å². The third-order valence-corrected chi connectivity index (χ3v) is 3.62. The van der Waals surface area contributed by atoms with E-state index in [4.69, 9.17) is 5.73 Å². The molecule has 3 N–H and O–H groups in total. The largest absolute Gasteiger partial charge is 0.352 e. The van der Waals surface area contributed by atoms with Crippen molar-refractivity contribution in [2.75, 3.05) is 19.6 Å². The van der Waals surface area contributed by atoms with Crippen LogP contribution in [0.5, 0.6) is 0 Å². The molecule has 0 heterocycles. The second-order valence-corrected chi connectivity index (χ2v) is 6.33. The summed E-state index contributed by atoms with van der Waals surface area (Å²) in [5.41, 5.74) is 5.84. The summed E-state index contributed by atoms with van der Waals surface area (Å²) in [7, 11) is 0. The van der Waals surface area contributed by atoms with E-state index in [1.165, 1.54) is 0 Å². The number of carbonyl (C=O) groups is 1. The van der Waals surface area contributed by atoms with Crippen LogP contribution < -0.4 is 11.1 Å². The summed E-state index contributed by atoms with van der Waals surface area (Å²) < 4.78 is 0. The van der Waals surface area contributed by atoms with Gasteiger partial charge in [-0.1, -0.05) is 27.7 Å². The van der Waals surface area contributed by atoms with Crippen LogP contribution in [0.2, 0.25) is 0 Å². The lowest BCUT2D eigenvalue weighted by atomic mass is 9.92. The zero-order chi connectivity index (χ0) is 15.1. The van der Waals surface area contributed by atoms with E-state index in [1.54, 1.807) is 0 Å². The van der Waals surface area contributed by atoms with Crippen molar-refractivity contribution in [3.05, 3.63) is 0 Å². The van der Waals surface area contributed by atoms with Crippen LogP contribution in [0.25, 0.3) is 0 Å². The van der Waals surface area contributed by atoms with Crippen molar-refractivity contribution in [3.63, 3.8) is 0 Å². The maximum absolute atomic E-state index is 12.2. The van der Waals surface area contributed by atoms with Crippen LogP contribution in [0.1, 0.15) is 54.4 Å². The Morgan fingerprint density at radius 1 is 1.32 bits per heavy atom. The van der Waals surface area contributed by atoms with Crippen molar-refractivity contribution in [2.45, 2.75) is 66.5 Å². The Labute approximate surface area is 119 Å². The number of nitrogens with one attached hydrogen (secondary N) is 1. The summed E-state index contributed by atoms with van der Waals surface area (Å²) in [6.45, 7) is 15.0. The predicted octanol–water partition coefficient (Wildman–Crippen LogP) is 1.99. The maximum atomic E-state index is 12.2. The van der Waals surface area contributed by atoms with Crippen molar-refractivity contribution in [1.82, 2.24) is 10.2 Å². The van der Waals surface area contributed by atoms with Crippen LogP contribution in [0.15, 0.2) is 0 Å². The summed E-state index contributed by atoms with van der Waals surface area (Å²) in [5, 5.41) is 3.06. The fraction of sp³-hybridized carbons (Fsp3) is 0.933. The van der Waals surface area contributed by atoms with Gasteiger partial charge in [-0.2, -0.15) is 0 Å². The van der Waals surface area contributed by atoms with Gasteiger partial charge in [0, 0.05) is 12.6 Å². The number of hydrogen-bond acceptors (Lipinski definition) is 3. The summed E-state index contributed by atoms with van der Waals surface area (Å²) in [5.74, 6) is 0.121. The highest BCUT2D eigenvalue weighted by atomic mass is 16.2. The molecule has 0 aromatic heterocycles. The van der Waals surface area contributed by atoms with Gasteiger partial charge in [-0.3, -0.25) is 9.69 Å². The van der Waals surface area contributed by atoms with E-state index in [-0.39, 0.29) is 23.4 Å². The van der Waals surface area contributed by atoms with Gasteiger partial charge in [0.2, 0.25) is 5.91 Å². The Bertz CT molecular complexity index is 266. The average molecular weight is 271 g/mol. The van der Waals surface area contributed by atoms with Crippen LogP contribution in [0.3, 0.4) is 0 Å². The molecule has 0 spiro atoms. The third kappa shape index (κ3) is 6.92. The molecule has 0 aliphatic heterocycles. The molecule has 0 radical (unpaired) electrons. The Hall–Kier alpha value is -0.610. The minimum atomic E-state index is -0.0974. The van der Waals surface area contributed by atoms with Gasteiger partial charge in [-0.25, -0.2) is 0 Å². The molecule has 0 rings (SSSR count). The summed E-state index contributed by atoms with van der Waals surface area (Å²) >= 11 is 0. The number of nitrogens with two attached hydrogens (primary N) is 1. The number of carbonyl (C=O) groups excluding carboxylic acids is 1. The van der Waals surface area contributed by atoms with Gasteiger partial charge < -0.3 is 11.1 Å². The van der Waals surface area contributed by atoms with Crippen LogP contribution in [0.4, 0.5) is 0 Å². The Kier molecular flexibility index (Phi) is 8.26. The van der Waals surface area contributed by atoms with E-state index in [2.05, 4.69) is 37.9 Å². The molecule has 0 aliphatic carbocycles. The van der Waals surface area contributed by atoms with Gasteiger partial charge in [0.05, 0.1) is 6.04 Å². The smallest absolute Gasteiger partial charge is 0.237 e. The first kappa shape index (κ1) is 18.4. The lowest BCUT2D eigenvalue weighted by Gasteiger charge is -2.35. The molecule has 2 atom stereocenters. The number of amides is 1. The average Bonchev–Trinajstić information content (AvgIpc) is 2.36. The van der Waals surface area contributed by atoms with Crippen molar-refractivity contribution < 1.29 is 4.79 Å². The van der Waals surface area contributed by atoms with E-state index >= 15 is 0 Å². The van der Waals surface area contributed by atoms with Crippen molar-refractivity contribution in [3.8, 4) is 0 Å². The van der Waals surface area contributed by atoms with E-state index < -0.39 is 0 Å². The fourth-order valence-corrected chi connectivity index (χ4v) is 1.94. The summed E-state index contributed by atoms with van der Waals surface area (Å²) in [6, 6.07) is 0.140. The monoisotopic (exact) mass is 271 g/mol. The van der Waals surface area contributed by atoms with E-state index in [1.807, 2.05) is 13.8 Å². The zero-order valence-electron chi connectivity index (χ0n) is 13.6. The highest BCUT2D eigenvalue weighted by Gasteiger charge is 2.27. The first-order chi connectivity index (χ1) is 8.77. The van der Waals surface area contributed by atoms with Crippen LogP contribution in [-0.2, 0) is 4.79 Å². The Morgan fingerprint density at radius 2 is 1.89 bits per heavy atom. The number of nitrogens with zero attached hydrogens (tertiary/aromatic N) is 1. The SMILES string of the molecule is CCCN(CC(C)(C)CN)C(C)C(=O)NC(C)CC. The molecule has 0 aromatic rings. The van der Waals surface area contributed by atoms with E-state index in [0.29, 0.717) is 6.54 Å². The van der Waals surface area contributed by atoms with E-state index in [9.17, 15) is 4.79 Å². The van der Waals surface area contributed by atoms with Crippen molar-refractivity contribution >= 4 is 5.91 Å². The molecule has 0 saturated carbocycles. The molecule has 1 amide bonds. The number of hydrogen-bond donors (Lipinski definition) is 2. The van der Waals surface area contributed by atoms with Gasteiger partial charge in [0.15, 0.2) is 0 Å². The molecular weight excluding hydrogens is 238 g/mol. The minimum Gasteiger partial charge on any atom is -0.352 e. The summed E-state index contributed by atoms with van der Waals surface area (Å²) in [6.07, 6.45) is 2.00. The highest BCUT2D eigenvalue weighted by Crippen LogP contribution is 2.17. The normalized spacial score (nSPS) is 15.4. The Balaban J connectivity index is 4.64. The fourth-order valence-electron chi connectivity index (χ4n) is 1.94. The second-order valence-electron chi connectivity index (χ2n) is 6.33. The first-order valence-corrected chi connectivity index (χ1v) is 7.51. The predicted molar refractivity (Wildman–Crippen MR) is 82.1 cm³/mol. The molecule has 0 aliphatic rings. The topological polar surface area (TPSA) is 58.4 Å². The minimum absolute atomic E-state index is 0.0417. The molecule has 19 heavy (non-hydrogen) atoms. The summed E-state index contributed by atoms with van der Waals surface area (Å²) in [4.78, 5) is 14.5. The molecule has 0 aromatic carbocycles. The number of rotatable bonds is 9. The van der Waals surface area contributed by atoms with Crippen molar-refractivity contribution in [2.24, 2.45) is 11.1 Å². The standard InChI is InChI=1S/C15H33N3O/c1-7-9-18(11-15(5,6)10-16)13(4)14(19)17-12(3)8-2/h12-13H,7-11,16H2,1-6H3,(H,17,19). The molecule has 114 valence electrons. The molecule has 0 saturated heterocycles. The van der Waals surface area contributed by atoms with Gasteiger partial charge in [-0.15, -0.1) is 0 Å². The molecule has 4 nitrogen and oxygen atoms in total. The zero-order valence-corrected chi connectivity index (χ0v) is 13.6. The highest BCUT2D eigenvalue weighted by molar-refractivity contribution is 5.81. The molecule has 2 unspecified atom stereocenters.